The molecule has 1 aliphatic carbocycles. The van der Waals surface area contributed by atoms with Gasteiger partial charge in [-0.2, -0.15) is 13.2 Å². The van der Waals surface area contributed by atoms with Gasteiger partial charge in [-0.3, -0.25) is 9.59 Å². The van der Waals surface area contributed by atoms with Crippen LogP contribution in [0.5, 0.6) is 0 Å². The van der Waals surface area contributed by atoms with Crippen LogP contribution in [-0.4, -0.2) is 35.6 Å². The third kappa shape index (κ3) is 4.78. The predicted molar refractivity (Wildman–Crippen MR) is 74.3 cm³/mol. The Balaban J connectivity index is 2.58. The molecule has 0 aliphatic heterocycles. The van der Waals surface area contributed by atoms with Crippen LogP contribution in [0, 0.1) is 11.8 Å². The summed E-state index contributed by atoms with van der Waals surface area (Å²) in [5.41, 5.74) is 0. The molecule has 0 saturated heterocycles. The number of ether oxygens (including phenoxy) is 1. The Kier molecular flexibility index (Phi) is 6.53. The predicted octanol–water partition coefficient (Wildman–Crippen LogP) is 2.45. The quantitative estimate of drug-likeness (QED) is 0.443. The van der Waals surface area contributed by atoms with E-state index < -0.39 is 33.8 Å². The van der Waals surface area contributed by atoms with Crippen LogP contribution < -0.4 is 5.32 Å². The topological polar surface area (TPSA) is 55.4 Å². The fourth-order valence-corrected chi connectivity index (χ4v) is 2.84. The number of carbonyl (C=O) groups excluding carboxylic acids is 2. The largest absolute Gasteiger partial charge is 0.468 e. The van der Waals surface area contributed by atoms with Gasteiger partial charge in [0.05, 0.1) is 13.0 Å². The highest BCUT2D eigenvalue weighted by atomic mass is 127. The molecule has 0 spiro atoms. The zero-order valence-corrected chi connectivity index (χ0v) is 13.2. The van der Waals surface area contributed by atoms with Crippen molar-refractivity contribution in [2.24, 2.45) is 11.8 Å². The number of hydrogen-bond acceptors (Lipinski definition) is 3. The van der Waals surface area contributed by atoms with Crippen LogP contribution in [0.2, 0.25) is 0 Å². The molecule has 0 bridgehead atoms. The van der Waals surface area contributed by atoms with E-state index in [4.69, 9.17) is 0 Å². The van der Waals surface area contributed by atoms with E-state index in [0.717, 1.165) is 0 Å². The van der Waals surface area contributed by atoms with E-state index in [9.17, 15) is 22.8 Å². The van der Waals surface area contributed by atoms with E-state index >= 15 is 0 Å². The van der Waals surface area contributed by atoms with Crippen molar-refractivity contribution in [2.75, 3.05) is 13.7 Å². The lowest BCUT2D eigenvalue weighted by Gasteiger charge is -2.32. The maximum Gasteiger partial charge on any atom is 0.392 e. The monoisotopic (exact) mass is 407 g/mol. The Bertz CT molecular complexity index is 362. The van der Waals surface area contributed by atoms with Gasteiger partial charge >= 0.3 is 12.1 Å². The summed E-state index contributed by atoms with van der Waals surface area (Å²) < 4.78 is 42.5. The molecule has 0 radical (unpaired) electrons. The summed E-state index contributed by atoms with van der Waals surface area (Å²) in [4.78, 5) is 23.1. The first-order valence-electron chi connectivity index (χ1n) is 6.33. The SMILES string of the molecule is COC(=O)C(I)CNC(=O)C1CCCCC1C(F)(F)F. The number of methoxy groups -OCH3 is 1. The number of carbonyl (C=O) groups is 2. The van der Waals surface area contributed by atoms with Crippen LogP contribution in [0.1, 0.15) is 25.7 Å². The number of halogens is 4. The number of hydrogen-bond donors (Lipinski definition) is 1. The highest BCUT2D eigenvalue weighted by Crippen LogP contribution is 2.41. The molecule has 0 heterocycles. The van der Waals surface area contributed by atoms with Gasteiger partial charge in [0, 0.05) is 12.5 Å². The molecule has 1 N–H and O–H groups in total. The van der Waals surface area contributed by atoms with Gasteiger partial charge in [0.2, 0.25) is 5.91 Å². The van der Waals surface area contributed by atoms with Gasteiger partial charge in [-0.15, -0.1) is 0 Å². The molecule has 0 aromatic carbocycles. The van der Waals surface area contributed by atoms with E-state index in [1.165, 1.54) is 7.11 Å². The second-order valence-electron chi connectivity index (χ2n) is 4.77. The van der Waals surface area contributed by atoms with Crippen molar-refractivity contribution >= 4 is 34.5 Å². The van der Waals surface area contributed by atoms with Gasteiger partial charge < -0.3 is 10.1 Å². The molecule has 1 fully saturated rings. The van der Waals surface area contributed by atoms with Gasteiger partial charge in [0.25, 0.3) is 0 Å². The fraction of sp³-hybridized carbons (Fsp3) is 0.833. The zero-order chi connectivity index (χ0) is 15.3. The van der Waals surface area contributed by atoms with Crippen LogP contribution in [0.25, 0.3) is 0 Å². The Morgan fingerprint density at radius 1 is 1.35 bits per heavy atom. The first-order chi connectivity index (χ1) is 9.27. The summed E-state index contributed by atoms with van der Waals surface area (Å²) in [7, 11) is 1.22. The fourth-order valence-electron chi connectivity index (χ4n) is 2.37. The molecule has 20 heavy (non-hydrogen) atoms. The van der Waals surface area contributed by atoms with E-state index in [0.29, 0.717) is 12.8 Å². The summed E-state index contributed by atoms with van der Waals surface area (Å²) in [6, 6.07) is 0. The zero-order valence-electron chi connectivity index (χ0n) is 11.0. The molecule has 3 atom stereocenters. The summed E-state index contributed by atoms with van der Waals surface area (Å²) in [5, 5.41) is 2.42. The van der Waals surface area contributed by atoms with Crippen molar-refractivity contribution in [3.63, 3.8) is 0 Å². The maximum atomic E-state index is 12.9. The van der Waals surface area contributed by atoms with Crippen molar-refractivity contribution in [3.05, 3.63) is 0 Å². The molecular formula is C12H17F3INO3. The molecular weight excluding hydrogens is 390 g/mol. The van der Waals surface area contributed by atoms with Crippen molar-refractivity contribution < 1.29 is 27.5 Å². The van der Waals surface area contributed by atoms with E-state index in [2.05, 4.69) is 10.1 Å². The van der Waals surface area contributed by atoms with Crippen molar-refractivity contribution in [3.8, 4) is 0 Å². The van der Waals surface area contributed by atoms with Crippen molar-refractivity contribution in [1.82, 2.24) is 5.32 Å². The second-order valence-corrected chi connectivity index (χ2v) is 6.28. The first kappa shape index (κ1) is 17.5. The summed E-state index contributed by atoms with van der Waals surface area (Å²) in [6.07, 6.45) is -3.01. The van der Waals surface area contributed by atoms with Gasteiger partial charge in [-0.1, -0.05) is 35.4 Å². The van der Waals surface area contributed by atoms with Gasteiger partial charge in [-0.05, 0) is 12.8 Å². The lowest BCUT2D eigenvalue weighted by atomic mass is 9.78. The third-order valence-electron chi connectivity index (χ3n) is 3.44. The van der Waals surface area contributed by atoms with E-state index in [1.54, 1.807) is 22.6 Å². The smallest absolute Gasteiger partial charge is 0.392 e. The lowest BCUT2D eigenvalue weighted by molar-refractivity contribution is -0.198. The minimum Gasteiger partial charge on any atom is -0.468 e. The highest BCUT2D eigenvalue weighted by molar-refractivity contribution is 14.1. The van der Waals surface area contributed by atoms with Crippen LogP contribution in [0.4, 0.5) is 13.2 Å². The van der Waals surface area contributed by atoms with Crippen molar-refractivity contribution in [2.45, 2.75) is 35.8 Å². The molecule has 4 nitrogen and oxygen atoms in total. The van der Waals surface area contributed by atoms with Crippen molar-refractivity contribution in [1.29, 1.82) is 0 Å². The summed E-state index contributed by atoms with van der Waals surface area (Å²) in [5.74, 6) is -3.77. The molecule has 1 rings (SSSR count). The molecule has 3 unspecified atom stereocenters. The molecule has 0 aromatic rings. The molecule has 0 aromatic heterocycles. The normalized spacial score (nSPS) is 24.9. The van der Waals surface area contributed by atoms with Crippen LogP contribution >= 0.6 is 22.6 Å². The highest BCUT2D eigenvalue weighted by Gasteiger charge is 2.48. The maximum absolute atomic E-state index is 12.9. The minimum atomic E-state index is -4.35. The van der Waals surface area contributed by atoms with E-state index in [-0.39, 0.29) is 19.4 Å². The average Bonchev–Trinajstić information content (AvgIpc) is 2.42. The number of alkyl halides is 4. The summed E-state index contributed by atoms with van der Waals surface area (Å²) >= 11 is 1.78. The third-order valence-corrected chi connectivity index (χ3v) is 4.38. The van der Waals surface area contributed by atoms with Crippen LogP contribution in [0.3, 0.4) is 0 Å². The Morgan fingerprint density at radius 2 is 1.95 bits per heavy atom. The summed E-state index contributed by atoms with van der Waals surface area (Å²) in [6.45, 7) is -0.0207. The molecule has 116 valence electrons. The molecule has 8 heteroatoms. The first-order valence-corrected chi connectivity index (χ1v) is 7.58. The number of amides is 1. The Morgan fingerprint density at radius 3 is 2.50 bits per heavy atom. The average molecular weight is 407 g/mol. The van der Waals surface area contributed by atoms with Crippen LogP contribution in [0.15, 0.2) is 0 Å². The Hall–Kier alpha value is -0.540. The molecule has 1 aliphatic rings. The molecule has 1 amide bonds. The number of nitrogens with one attached hydrogen (secondary N) is 1. The van der Waals surface area contributed by atoms with Gasteiger partial charge in [-0.25, -0.2) is 0 Å². The second kappa shape index (κ2) is 7.46. The number of esters is 1. The minimum absolute atomic E-state index is 0.00769. The lowest BCUT2D eigenvalue weighted by Crippen LogP contribution is -2.44. The van der Waals surface area contributed by atoms with Crippen LogP contribution in [-0.2, 0) is 14.3 Å². The molecule has 1 saturated carbocycles. The van der Waals surface area contributed by atoms with Gasteiger partial charge in [0.1, 0.15) is 3.92 Å². The standard InChI is InChI=1S/C12H17F3INO3/c1-20-11(19)9(16)6-17-10(18)7-4-2-3-5-8(7)12(13,14)15/h7-9H,2-6H2,1H3,(H,17,18). The number of rotatable bonds is 4. The Labute approximate surface area is 128 Å². The van der Waals surface area contributed by atoms with E-state index in [1.807, 2.05) is 0 Å². The van der Waals surface area contributed by atoms with Gasteiger partial charge in [0.15, 0.2) is 0 Å².